The van der Waals surface area contributed by atoms with Crippen LogP contribution in [0.5, 0.6) is 0 Å². The number of methoxy groups -OCH3 is 1. The minimum atomic E-state index is -0.488. The number of ether oxygens (including phenoxy) is 1. The molecule has 0 heterocycles. The third-order valence-electron chi connectivity index (χ3n) is 2.63. The number of carbonyl (C=O) groups is 1. The fourth-order valence-electron chi connectivity index (χ4n) is 1.59. The topological polar surface area (TPSA) is 70.6 Å². The first-order valence-corrected chi connectivity index (χ1v) is 6.36. The zero-order valence-corrected chi connectivity index (χ0v) is 11.5. The van der Waals surface area contributed by atoms with E-state index in [-0.39, 0.29) is 12.5 Å². The Labute approximate surface area is 114 Å². The summed E-state index contributed by atoms with van der Waals surface area (Å²) in [7, 11) is 1.55. The highest BCUT2D eigenvalue weighted by molar-refractivity contribution is 5.92. The smallest absolute Gasteiger partial charge is 0.238 e. The largest absolute Gasteiger partial charge is 0.391 e. The standard InChI is InChI=1S/C14H22N2O3/c1-11-3-5-12(6-4-11)16-14(18)9-15-8-7-13(17)10-19-2/h3-6,13,15,17H,7-10H2,1-2H3,(H,16,18). The SMILES string of the molecule is COCC(O)CCNCC(=O)Nc1ccc(C)cc1. The van der Waals surface area contributed by atoms with Gasteiger partial charge in [-0.25, -0.2) is 0 Å². The van der Waals surface area contributed by atoms with Gasteiger partial charge in [0.1, 0.15) is 0 Å². The summed E-state index contributed by atoms with van der Waals surface area (Å²) in [6, 6.07) is 7.64. The van der Waals surface area contributed by atoms with Crippen molar-refractivity contribution in [3.8, 4) is 0 Å². The molecule has 1 rings (SSSR count). The summed E-state index contributed by atoms with van der Waals surface area (Å²) in [6.07, 6.45) is 0.0729. The van der Waals surface area contributed by atoms with Crippen LogP contribution in [-0.2, 0) is 9.53 Å². The molecule has 19 heavy (non-hydrogen) atoms. The van der Waals surface area contributed by atoms with Gasteiger partial charge in [-0.05, 0) is 32.0 Å². The van der Waals surface area contributed by atoms with Gasteiger partial charge >= 0.3 is 0 Å². The molecule has 1 aromatic carbocycles. The van der Waals surface area contributed by atoms with Crippen LogP contribution in [0.2, 0.25) is 0 Å². The van der Waals surface area contributed by atoms with Crippen LogP contribution >= 0.6 is 0 Å². The second-order valence-corrected chi connectivity index (χ2v) is 4.49. The maximum atomic E-state index is 11.6. The quantitative estimate of drug-likeness (QED) is 0.612. The van der Waals surface area contributed by atoms with E-state index in [1.165, 1.54) is 0 Å². The van der Waals surface area contributed by atoms with Gasteiger partial charge in [-0.15, -0.1) is 0 Å². The zero-order chi connectivity index (χ0) is 14.1. The number of nitrogens with one attached hydrogen (secondary N) is 2. The fourth-order valence-corrected chi connectivity index (χ4v) is 1.59. The summed E-state index contributed by atoms with van der Waals surface area (Å²) < 4.78 is 4.81. The van der Waals surface area contributed by atoms with E-state index in [9.17, 15) is 9.90 Å². The van der Waals surface area contributed by atoms with Gasteiger partial charge in [0, 0.05) is 12.8 Å². The van der Waals surface area contributed by atoms with Crippen molar-refractivity contribution in [1.82, 2.24) is 5.32 Å². The lowest BCUT2D eigenvalue weighted by atomic mass is 10.2. The summed E-state index contributed by atoms with van der Waals surface area (Å²) in [4.78, 5) is 11.6. The van der Waals surface area contributed by atoms with Gasteiger partial charge in [0.15, 0.2) is 0 Å². The van der Waals surface area contributed by atoms with Crippen LogP contribution in [-0.4, -0.2) is 43.9 Å². The Morgan fingerprint density at radius 3 is 2.68 bits per heavy atom. The van der Waals surface area contributed by atoms with Gasteiger partial charge in [0.2, 0.25) is 5.91 Å². The molecule has 5 nitrogen and oxygen atoms in total. The Balaban J connectivity index is 2.16. The minimum Gasteiger partial charge on any atom is -0.391 e. The number of hydrogen-bond acceptors (Lipinski definition) is 4. The molecule has 0 aromatic heterocycles. The molecule has 0 spiro atoms. The van der Waals surface area contributed by atoms with Crippen LogP contribution in [0.3, 0.4) is 0 Å². The Morgan fingerprint density at radius 2 is 2.05 bits per heavy atom. The molecule has 1 atom stereocenters. The van der Waals surface area contributed by atoms with E-state index < -0.39 is 6.10 Å². The van der Waals surface area contributed by atoms with Crippen LogP contribution in [0.1, 0.15) is 12.0 Å². The lowest BCUT2D eigenvalue weighted by molar-refractivity contribution is -0.115. The fraction of sp³-hybridized carbons (Fsp3) is 0.500. The van der Waals surface area contributed by atoms with Crippen LogP contribution in [0.4, 0.5) is 5.69 Å². The van der Waals surface area contributed by atoms with E-state index in [4.69, 9.17) is 4.74 Å². The Hall–Kier alpha value is -1.43. The average Bonchev–Trinajstić information content (AvgIpc) is 2.38. The molecule has 5 heteroatoms. The van der Waals surface area contributed by atoms with Crippen LogP contribution < -0.4 is 10.6 Å². The van der Waals surface area contributed by atoms with E-state index in [0.717, 1.165) is 11.3 Å². The lowest BCUT2D eigenvalue weighted by Gasteiger charge is -2.10. The number of carbonyl (C=O) groups excluding carboxylic acids is 1. The first-order chi connectivity index (χ1) is 9.11. The maximum absolute atomic E-state index is 11.6. The number of hydrogen-bond donors (Lipinski definition) is 3. The molecule has 0 bridgehead atoms. The third kappa shape index (κ3) is 6.91. The zero-order valence-electron chi connectivity index (χ0n) is 11.5. The number of aliphatic hydroxyl groups excluding tert-OH is 1. The van der Waals surface area contributed by atoms with Crippen molar-refractivity contribution in [3.05, 3.63) is 29.8 Å². The van der Waals surface area contributed by atoms with Crippen molar-refractivity contribution in [3.63, 3.8) is 0 Å². The number of amides is 1. The number of benzene rings is 1. The average molecular weight is 266 g/mol. The molecular formula is C14H22N2O3. The van der Waals surface area contributed by atoms with Crippen molar-refractivity contribution in [1.29, 1.82) is 0 Å². The Bertz CT molecular complexity index is 379. The van der Waals surface area contributed by atoms with Gasteiger partial charge in [-0.3, -0.25) is 4.79 Å². The van der Waals surface area contributed by atoms with Crippen molar-refractivity contribution >= 4 is 11.6 Å². The molecule has 1 unspecified atom stereocenters. The highest BCUT2D eigenvalue weighted by Gasteiger charge is 2.04. The van der Waals surface area contributed by atoms with Crippen molar-refractivity contribution in [2.75, 3.05) is 32.1 Å². The summed E-state index contributed by atoms with van der Waals surface area (Å²) in [5, 5.41) is 15.2. The molecule has 106 valence electrons. The highest BCUT2D eigenvalue weighted by Crippen LogP contribution is 2.07. The first-order valence-electron chi connectivity index (χ1n) is 6.36. The number of rotatable bonds is 8. The Kier molecular flexibility index (Phi) is 7.10. The van der Waals surface area contributed by atoms with E-state index in [1.54, 1.807) is 7.11 Å². The minimum absolute atomic E-state index is 0.0925. The predicted octanol–water partition coefficient (Wildman–Crippen LogP) is 0.921. The number of anilines is 1. The molecule has 0 saturated carbocycles. The second-order valence-electron chi connectivity index (χ2n) is 4.49. The summed E-state index contributed by atoms with van der Waals surface area (Å²) in [6.45, 7) is 3.12. The molecule has 1 amide bonds. The van der Waals surface area contributed by atoms with Gasteiger partial charge in [-0.2, -0.15) is 0 Å². The summed E-state index contributed by atoms with van der Waals surface area (Å²) in [5.74, 6) is -0.0925. The van der Waals surface area contributed by atoms with Crippen molar-refractivity contribution < 1.29 is 14.6 Å². The second kappa shape index (κ2) is 8.63. The van der Waals surface area contributed by atoms with Gasteiger partial charge < -0.3 is 20.5 Å². The monoisotopic (exact) mass is 266 g/mol. The van der Waals surface area contributed by atoms with Gasteiger partial charge in [0.25, 0.3) is 0 Å². The van der Waals surface area contributed by atoms with Crippen molar-refractivity contribution in [2.45, 2.75) is 19.4 Å². The number of aryl methyl sites for hydroxylation is 1. The number of aliphatic hydroxyl groups is 1. The van der Waals surface area contributed by atoms with Crippen LogP contribution in [0.25, 0.3) is 0 Å². The van der Waals surface area contributed by atoms with Crippen molar-refractivity contribution in [2.24, 2.45) is 0 Å². The third-order valence-corrected chi connectivity index (χ3v) is 2.63. The lowest BCUT2D eigenvalue weighted by Crippen LogP contribution is -2.31. The molecule has 0 aliphatic heterocycles. The molecule has 0 saturated heterocycles. The summed E-state index contributed by atoms with van der Waals surface area (Å²) >= 11 is 0. The molecule has 0 radical (unpaired) electrons. The predicted molar refractivity (Wildman–Crippen MR) is 75.2 cm³/mol. The van der Waals surface area contributed by atoms with Gasteiger partial charge in [0.05, 0.1) is 19.3 Å². The molecule has 0 fully saturated rings. The van der Waals surface area contributed by atoms with E-state index in [0.29, 0.717) is 19.6 Å². The Morgan fingerprint density at radius 1 is 1.37 bits per heavy atom. The normalized spacial score (nSPS) is 12.2. The van der Waals surface area contributed by atoms with E-state index in [1.807, 2.05) is 31.2 Å². The van der Waals surface area contributed by atoms with Crippen LogP contribution in [0.15, 0.2) is 24.3 Å². The van der Waals surface area contributed by atoms with Gasteiger partial charge in [-0.1, -0.05) is 17.7 Å². The van der Waals surface area contributed by atoms with Crippen LogP contribution in [0, 0.1) is 6.92 Å². The highest BCUT2D eigenvalue weighted by atomic mass is 16.5. The molecule has 0 aliphatic carbocycles. The molecule has 1 aromatic rings. The first kappa shape index (κ1) is 15.6. The molecular weight excluding hydrogens is 244 g/mol. The van der Waals surface area contributed by atoms with E-state index >= 15 is 0 Å². The maximum Gasteiger partial charge on any atom is 0.238 e. The summed E-state index contributed by atoms with van der Waals surface area (Å²) in [5.41, 5.74) is 1.94. The molecule has 0 aliphatic rings. The van der Waals surface area contributed by atoms with E-state index in [2.05, 4.69) is 10.6 Å². The molecule has 3 N–H and O–H groups in total.